The molecule has 0 bridgehead atoms. The van der Waals surface area contributed by atoms with E-state index in [1.54, 1.807) is 0 Å². The van der Waals surface area contributed by atoms with Gasteiger partial charge in [-0.15, -0.1) is 0 Å². The summed E-state index contributed by atoms with van der Waals surface area (Å²) in [4.78, 5) is 2.52. The molecule has 1 fully saturated rings. The summed E-state index contributed by atoms with van der Waals surface area (Å²) in [6, 6.07) is 0. The summed E-state index contributed by atoms with van der Waals surface area (Å²) in [7, 11) is -2.80. The van der Waals surface area contributed by atoms with Crippen LogP contribution in [0.4, 0.5) is 0 Å². The molecule has 1 aliphatic rings. The van der Waals surface area contributed by atoms with Crippen LogP contribution in [-0.2, 0) is 9.84 Å². The largest absolute Gasteiger partial charge is 0.303 e. The molecule has 0 amide bonds. The first-order valence-corrected chi connectivity index (χ1v) is 9.74. The molecule has 0 unspecified atom stereocenters. The van der Waals surface area contributed by atoms with E-state index in [2.05, 4.69) is 18.7 Å². The lowest BCUT2D eigenvalue weighted by Crippen LogP contribution is -2.30. The van der Waals surface area contributed by atoms with Gasteiger partial charge in [0, 0.05) is 0 Å². The van der Waals surface area contributed by atoms with Gasteiger partial charge in [-0.1, -0.05) is 26.7 Å². The second-order valence-electron chi connectivity index (χ2n) is 6.30. The number of rotatable bonds is 9. The minimum Gasteiger partial charge on any atom is -0.303 e. The Hall–Kier alpha value is -0.0900. The molecule has 4 heteroatoms. The average Bonchev–Trinajstić information content (AvgIpc) is 2.37. The van der Waals surface area contributed by atoms with Crippen LogP contribution in [0.3, 0.4) is 0 Å². The molecule has 0 atom stereocenters. The minimum absolute atomic E-state index is 0.372. The average molecular weight is 289 g/mol. The van der Waals surface area contributed by atoms with Crippen LogP contribution >= 0.6 is 0 Å². The zero-order valence-electron chi connectivity index (χ0n) is 12.7. The van der Waals surface area contributed by atoms with Crippen LogP contribution in [0.5, 0.6) is 0 Å². The molecule has 0 aliphatic carbocycles. The zero-order chi connectivity index (χ0) is 14.1. The second-order valence-corrected chi connectivity index (χ2v) is 8.60. The zero-order valence-corrected chi connectivity index (χ0v) is 13.6. The highest BCUT2D eigenvalue weighted by molar-refractivity contribution is 7.91. The summed E-state index contributed by atoms with van der Waals surface area (Å²) in [5, 5.41) is 0. The Morgan fingerprint density at radius 2 is 1.63 bits per heavy atom. The minimum atomic E-state index is -2.80. The molecule has 3 nitrogen and oxygen atoms in total. The molecule has 0 saturated carbocycles. The number of nitrogens with zero attached hydrogens (tertiary/aromatic N) is 1. The molecule has 0 aromatic carbocycles. The van der Waals surface area contributed by atoms with Crippen LogP contribution < -0.4 is 0 Å². The first kappa shape index (κ1) is 17.0. The monoisotopic (exact) mass is 289 g/mol. The van der Waals surface area contributed by atoms with Crippen molar-refractivity contribution in [1.82, 2.24) is 4.90 Å². The summed E-state index contributed by atoms with van der Waals surface area (Å²) in [6.07, 6.45) is 7.90. The van der Waals surface area contributed by atoms with E-state index < -0.39 is 9.84 Å². The fourth-order valence-corrected chi connectivity index (χ4v) is 4.21. The van der Waals surface area contributed by atoms with Crippen LogP contribution in [0.15, 0.2) is 0 Å². The molecule has 0 aromatic heterocycles. The molecule has 1 aliphatic heterocycles. The van der Waals surface area contributed by atoms with Gasteiger partial charge < -0.3 is 4.90 Å². The van der Waals surface area contributed by atoms with Crippen molar-refractivity contribution in [1.29, 1.82) is 0 Å². The van der Waals surface area contributed by atoms with Crippen LogP contribution in [0.1, 0.15) is 58.8 Å². The summed E-state index contributed by atoms with van der Waals surface area (Å²) >= 11 is 0. The highest BCUT2D eigenvalue weighted by Gasteiger charge is 2.12. The standard InChI is InChI=1S/C15H31NO2S/c1-15(2)9-14-19(17,18)13-8-4-7-12-16-10-5-3-6-11-16/h15H,3-14H2,1-2H3. The Labute approximate surface area is 119 Å². The third kappa shape index (κ3) is 8.64. The van der Waals surface area contributed by atoms with Crippen LogP contribution in [0.2, 0.25) is 0 Å². The molecule has 1 rings (SSSR count). The summed E-state index contributed by atoms with van der Waals surface area (Å²) < 4.78 is 23.6. The number of hydrogen-bond donors (Lipinski definition) is 0. The number of likely N-dealkylation sites (tertiary alicyclic amines) is 1. The molecule has 0 spiro atoms. The maximum atomic E-state index is 11.8. The van der Waals surface area contributed by atoms with Gasteiger partial charge in [0.25, 0.3) is 0 Å². The molecule has 1 saturated heterocycles. The Kier molecular flexibility index (Phi) is 8.00. The molecule has 0 N–H and O–H groups in total. The Morgan fingerprint density at radius 3 is 2.26 bits per heavy atom. The van der Waals surface area contributed by atoms with Gasteiger partial charge >= 0.3 is 0 Å². The van der Waals surface area contributed by atoms with Gasteiger partial charge in [0.1, 0.15) is 9.84 Å². The maximum Gasteiger partial charge on any atom is 0.150 e. The van der Waals surface area contributed by atoms with E-state index in [0.717, 1.165) is 32.2 Å². The van der Waals surface area contributed by atoms with Crippen LogP contribution in [0.25, 0.3) is 0 Å². The van der Waals surface area contributed by atoms with Crippen molar-refractivity contribution < 1.29 is 8.42 Å². The highest BCUT2D eigenvalue weighted by atomic mass is 32.2. The van der Waals surface area contributed by atoms with Gasteiger partial charge in [-0.3, -0.25) is 0 Å². The van der Waals surface area contributed by atoms with Gasteiger partial charge in [-0.2, -0.15) is 0 Å². The topological polar surface area (TPSA) is 37.4 Å². The smallest absolute Gasteiger partial charge is 0.150 e. The molecular formula is C15H31NO2S. The predicted octanol–water partition coefficient (Wildman–Crippen LogP) is 3.10. The summed E-state index contributed by atoms with van der Waals surface area (Å²) in [5.74, 6) is 1.24. The quantitative estimate of drug-likeness (QED) is 0.612. The van der Waals surface area contributed by atoms with Crippen molar-refractivity contribution in [3.63, 3.8) is 0 Å². The normalized spacial score (nSPS) is 18.1. The molecule has 0 radical (unpaired) electrons. The second kappa shape index (κ2) is 8.96. The Bertz CT molecular complexity index is 319. The predicted molar refractivity (Wildman–Crippen MR) is 82.3 cm³/mol. The highest BCUT2D eigenvalue weighted by Crippen LogP contribution is 2.11. The Balaban J connectivity index is 2.03. The van der Waals surface area contributed by atoms with Crippen molar-refractivity contribution in [2.75, 3.05) is 31.1 Å². The fourth-order valence-electron chi connectivity index (χ4n) is 2.53. The summed E-state index contributed by atoms with van der Waals surface area (Å²) in [5.41, 5.74) is 0. The van der Waals surface area contributed by atoms with Crippen LogP contribution in [0, 0.1) is 5.92 Å². The van der Waals surface area contributed by atoms with Gasteiger partial charge in [-0.05, 0) is 57.7 Å². The van der Waals surface area contributed by atoms with Crippen molar-refractivity contribution in [3.8, 4) is 0 Å². The van der Waals surface area contributed by atoms with Gasteiger partial charge in [0.2, 0.25) is 0 Å². The third-order valence-electron chi connectivity index (χ3n) is 3.88. The van der Waals surface area contributed by atoms with Crippen molar-refractivity contribution in [3.05, 3.63) is 0 Å². The first-order chi connectivity index (χ1) is 8.99. The molecule has 0 aromatic rings. The number of unbranched alkanes of at least 4 members (excludes halogenated alkanes) is 2. The van der Waals surface area contributed by atoms with Gasteiger partial charge in [-0.25, -0.2) is 8.42 Å². The molecule has 1 heterocycles. The summed E-state index contributed by atoms with van der Waals surface area (Å²) in [6.45, 7) is 7.80. The van der Waals surface area contributed by atoms with Crippen LogP contribution in [-0.4, -0.2) is 44.5 Å². The van der Waals surface area contributed by atoms with Crippen molar-refractivity contribution in [2.45, 2.75) is 58.8 Å². The van der Waals surface area contributed by atoms with Gasteiger partial charge in [0.15, 0.2) is 0 Å². The third-order valence-corrected chi connectivity index (χ3v) is 5.65. The van der Waals surface area contributed by atoms with Crippen molar-refractivity contribution in [2.24, 2.45) is 5.92 Å². The Morgan fingerprint density at radius 1 is 0.947 bits per heavy atom. The van der Waals surface area contributed by atoms with E-state index in [0.29, 0.717) is 17.4 Å². The van der Waals surface area contributed by atoms with E-state index in [4.69, 9.17) is 0 Å². The molecule has 19 heavy (non-hydrogen) atoms. The first-order valence-electron chi connectivity index (χ1n) is 7.92. The van der Waals surface area contributed by atoms with E-state index in [1.807, 2.05) is 0 Å². The van der Waals surface area contributed by atoms with E-state index in [1.165, 1.54) is 32.4 Å². The van der Waals surface area contributed by atoms with E-state index in [-0.39, 0.29) is 0 Å². The lowest BCUT2D eigenvalue weighted by Gasteiger charge is -2.26. The molecular weight excluding hydrogens is 258 g/mol. The maximum absolute atomic E-state index is 11.8. The number of piperidine rings is 1. The van der Waals surface area contributed by atoms with Crippen molar-refractivity contribution >= 4 is 9.84 Å². The SMILES string of the molecule is CC(C)CCS(=O)(=O)CCCCCN1CCCCC1. The number of hydrogen-bond acceptors (Lipinski definition) is 3. The van der Waals surface area contributed by atoms with E-state index in [9.17, 15) is 8.42 Å². The lowest BCUT2D eigenvalue weighted by atomic mass is 10.1. The molecule has 114 valence electrons. The lowest BCUT2D eigenvalue weighted by molar-refractivity contribution is 0.224. The van der Waals surface area contributed by atoms with E-state index >= 15 is 0 Å². The number of sulfone groups is 1. The van der Waals surface area contributed by atoms with Gasteiger partial charge in [0.05, 0.1) is 11.5 Å². The fraction of sp³-hybridized carbons (Fsp3) is 1.00.